The topological polar surface area (TPSA) is 28.2 Å². The van der Waals surface area contributed by atoms with Crippen molar-refractivity contribution in [3.05, 3.63) is 16.1 Å². The molecule has 0 amide bonds. The predicted octanol–water partition coefficient (Wildman–Crippen LogP) is 2.02. The zero-order chi connectivity index (χ0) is 11.8. The lowest BCUT2D eigenvalue weighted by atomic mass is 10.1. The molecule has 0 radical (unpaired) electrons. The van der Waals surface area contributed by atoms with Crippen molar-refractivity contribution in [1.29, 1.82) is 0 Å². The average Bonchev–Trinajstić information content (AvgIpc) is 3.07. The van der Waals surface area contributed by atoms with Gasteiger partial charge in [0.25, 0.3) is 0 Å². The van der Waals surface area contributed by atoms with E-state index < -0.39 is 0 Å². The molecule has 2 unspecified atom stereocenters. The minimum Gasteiger partial charge on any atom is -0.311 e. The monoisotopic (exact) mass is 251 g/mol. The Balaban J connectivity index is 1.63. The summed E-state index contributed by atoms with van der Waals surface area (Å²) in [7, 11) is 0. The molecule has 94 valence electrons. The van der Waals surface area contributed by atoms with Gasteiger partial charge in [0, 0.05) is 36.2 Å². The minimum absolute atomic E-state index is 0.634. The summed E-state index contributed by atoms with van der Waals surface area (Å²) in [6.45, 7) is 7.76. The Labute approximate surface area is 107 Å². The van der Waals surface area contributed by atoms with Gasteiger partial charge in [0.15, 0.2) is 0 Å². The fraction of sp³-hybridized carbons (Fsp3) is 0.769. The number of hydrogen-bond donors (Lipinski definition) is 1. The first kappa shape index (κ1) is 11.6. The molecule has 0 bridgehead atoms. The Bertz CT molecular complexity index is 386. The van der Waals surface area contributed by atoms with Crippen molar-refractivity contribution in [3.63, 3.8) is 0 Å². The van der Waals surface area contributed by atoms with E-state index in [2.05, 4.69) is 34.4 Å². The second-order valence-electron chi connectivity index (χ2n) is 5.51. The van der Waals surface area contributed by atoms with Crippen LogP contribution in [0.15, 0.2) is 5.38 Å². The average molecular weight is 251 g/mol. The molecule has 2 fully saturated rings. The van der Waals surface area contributed by atoms with Crippen LogP contribution in [0.25, 0.3) is 0 Å². The molecule has 1 aromatic heterocycles. The van der Waals surface area contributed by atoms with E-state index in [9.17, 15) is 0 Å². The van der Waals surface area contributed by atoms with Gasteiger partial charge in [-0.2, -0.15) is 0 Å². The van der Waals surface area contributed by atoms with Crippen molar-refractivity contribution in [1.82, 2.24) is 15.2 Å². The molecule has 1 aliphatic heterocycles. The molecule has 1 saturated heterocycles. The molecule has 0 spiro atoms. The molecule has 1 saturated carbocycles. The van der Waals surface area contributed by atoms with E-state index in [4.69, 9.17) is 0 Å². The van der Waals surface area contributed by atoms with Gasteiger partial charge in [0.2, 0.25) is 0 Å². The molecule has 4 heteroatoms. The number of hydrogen-bond acceptors (Lipinski definition) is 4. The van der Waals surface area contributed by atoms with Crippen LogP contribution < -0.4 is 5.32 Å². The van der Waals surface area contributed by atoms with E-state index in [-0.39, 0.29) is 0 Å². The van der Waals surface area contributed by atoms with Gasteiger partial charge in [0.05, 0.1) is 6.54 Å². The standard InChI is InChI=1S/C13H21N3S/c1-9-8-17-13(15-9)7-16-6-12(11-3-4-11)14-5-10(16)2/h8,10-12,14H,3-7H2,1-2H3. The lowest BCUT2D eigenvalue weighted by Crippen LogP contribution is -2.55. The lowest BCUT2D eigenvalue weighted by molar-refractivity contribution is 0.125. The predicted molar refractivity (Wildman–Crippen MR) is 71.2 cm³/mol. The van der Waals surface area contributed by atoms with Crippen LogP contribution in [0.1, 0.15) is 30.5 Å². The normalized spacial score (nSPS) is 30.7. The molecule has 3 nitrogen and oxygen atoms in total. The Hall–Kier alpha value is -0.450. The van der Waals surface area contributed by atoms with E-state index in [1.54, 1.807) is 11.3 Å². The van der Waals surface area contributed by atoms with Gasteiger partial charge in [-0.05, 0) is 32.6 Å². The molecule has 1 N–H and O–H groups in total. The fourth-order valence-corrected chi connectivity index (χ4v) is 3.43. The fourth-order valence-electron chi connectivity index (χ4n) is 2.63. The van der Waals surface area contributed by atoms with Gasteiger partial charge in [-0.25, -0.2) is 4.98 Å². The molecule has 1 aromatic rings. The molecule has 1 aliphatic carbocycles. The van der Waals surface area contributed by atoms with Crippen molar-refractivity contribution >= 4 is 11.3 Å². The van der Waals surface area contributed by atoms with Crippen LogP contribution in [-0.4, -0.2) is 35.1 Å². The van der Waals surface area contributed by atoms with Crippen molar-refractivity contribution in [2.75, 3.05) is 13.1 Å². The first-order chi connectivity index (χ1) is 8.22. The van der Waals surface area contributed by atoms with Gasteiger partial charge in [0.1, 0.15) is 5.01 Å². The Morgan fingerprint density at radius 2 is 2.35 bits per heavy atom. The second kappa shape index (κ2) is 4.67. The highest BCUT2D eigenvalue weighted by Crippen LogP contribution is 2.34. The molecule has 2 aliphatic rings. The summed E-state index contributed by atoms with van der Waals surface area (Å²) in [6, 6.07) is 1.36. The van der Waals surface area contributed by atoms with E-state index in [1.807, 2.05) is 0 Å². The number of piperazine rings is 1. The van der Waals surface area contributed by atoms with Crippen molar-refractivity contribution in [2.45, 2.75) is 45.3 Å². The Morgan fingerprint density at radius 3 is 3.00 bits per heavy atom. The van der Waals surface area contributed by atoms with Crippen LogP contribution in [0, 0.1) is 12.8 Å². The van der Waals surface area contributed by atoms with E-state index in [1.165, 1.54) is 24.4 Å². The van der Waals surface area contributed by atoms with Gasteiger partial charge < -0.3 is 5.32 Å². The third-order valence-electron chi connectivity index (χ3n) is 3.93. The summed E-state index contributed by atoms with van der Waals surface area (Å²) >= 11 is 1.80. The molecular formula is C13H21N3S. The van der Waals surface area contributed by atoms with Gasteiger partial charge in [-0.1, -0.05) is 0 Å². The molecule has 2 heterocycles. The lowest BCUT2D eigenvalue weighted by Gasteiger charge is -2.38. The number of nitrogens with zero attached hydrogens (tertiary/aromatic N) is 2. The quantitative estimate of drug-likeness (QED) is 0.891. The Morgan fingerprint density at radius 1 is 1.53 bits per heavy atom. The number of thiazole rings is 1. The van der Waals surface area contributed by atoms with Gasteiger partial charge in [-0.3, -0.25) is 4.90 Å². The number of nitrogens with one attached hydrogen (secondary N) is 1. The largest absolute Gasteiger partial charge is 0.311 e. The van der Waals surface area contributed by atoms with Crippen molar-refractivity contribution < 1.29 is 0 Å². The van der Waals surface area contributed by atoms with Gasteiger partial charge >= 0.3 is 0 Å². The summed E-state index contributed by atoms with van der Waals surface area (Å²) in [5.41, 5.74) is 1.16. The van der Waals surface area contributed by atoms with E-state index in [0.717, 1.165) is 30.7 Å². The summed E-state index contributed by atoms with van der Waals surface area (Å²) in [5.74, 6) is 0.947. The van der Waals surface area contributed by atoms with E-state index in [0.29, 0.717) is 6.04 Å². The van der Waals surface area contributed by atoms with Crippen LogP contribution in [0.2, 0.25) is 0 Å². The summed E-state index contributed by atoms with van der Waals surface area (Å²) in [4.78, 5) is 7.18. The molecule has 3 rings (SSSR count). The smallest absolute Gasteiger partial charge is 0.107 e. The number of aromatic nitrogens is 1. The van der Waals surface area contributed by atoms with Crippen molar-refractivity contribution in [2.24, 2.45) is 5.92 Å². The van der Waals surface area contributed by atoms with Crippen LogP contribution in [-0.2, 0) is 6.54 Å². The Kier molecular flexibility index (Phi) is 3.19. The SMILES string of the molecule is Cc1csc(CN2CC(C3CC3)NCC2C)n1. The summed E-state index contributed by atoms with van der Waals surface area (Å²) in [6.07, 6.45) is 2.85. The maximum absolute atomic E-state index is 4.58. The third kappa shape index (κ3) is 2.69. The van der Waals surface area contributed by atoms with Crippen LogP contribution >= 0.6 is 11.3 Å². The minimum atomic E-state index is 0.634. The first-order valence-corrected chi connectivity index (χ1v) is 7.49. The third-order valence-corrected chi connectivity index (χ3v) is 4.88. The van der Waals surface area contributed by atoms with Crippen LogP contribution in [0.4, 0.5) is 0 Å². The summed E-state index contributed by atoms with van der Waals surface area (Å²) in [5, 5.41) is 7.12. The molecular weight excluding hydrogens is 230 g/mol. The molecule has 0 aromatic carbocycles. The maximum Gasteiger partial charge on any atom is 0.107 e. The highest BCUT2D eigenvalue weighted by Gasteiger charge is 2.36. The van der Waals surface area contributed by atoms with Crippen LogP contribution in [0.3, 0.4) is 0 Å². The maximum atomic E-state index is 4.58. The van der Waals surface area contributed by atoms with Gasteiger partial charge in [-0.15, -0.1) is 11.3 Å². The van der Waals surface area contributed by atoms with Crippen LogP contribution in [0.5, 0.6) is 0 Å². The summed E-state index contributed by atoms with van der Waals surface area (Å²) < 4.78 is 0. The zero-order valence-corrected chi connectivity index (χ0v) is 11.5. The van der Waals surface area contributed by atoms with Crippen molar-refractivity contribution in [3.8, 4) is 0 Å². The highest BCUT2D eigenvalue weighted by molar-refractivity contribution is 7.09. The first-order valence-electron chi connectivity index (χ1n) is 6.61. The number of aryl methyl sites for hydroxylation is 1. The molecule has 2 atom stereocenters. The number of rotatable bonds is 3. The molecule has 17 heavy (non-hydrogen) atoms. The highest BCUT2D eigenvalue weighted by atomic mass is 32.1. The second-order valence-corrected chi connectivity index (χ2v) is 6.46. The zero-order valence-electron chi connectivity index (χ0n) is 10.6. The van der Waals surface area contributed by atoms with E-state index >= 15 is 0 Å².